The lowest BCUT2D eigenvalue weighted by Crippen LogP contribution is -2.29. The van der Waals surface area contributed by atoms with Gasteiger partial charge < -0.3 is 10.6 Å². The van der Waals surface area contributed by atoms with Crippen LogP contribution in [-0.2, 0) is 0 Å². The topological polar surface area (TPSA) is 79.8 Å². The second kappa shape index (κ2) is 6.57. The van der Waals surface area contributed by atoms with Crippen LogP contribution in [0.15, 0.2) is 30.7 Å². The summed E-state index contributed by atoms with van der Waals surface area (Å²) in [6.45, 7) is 1.93. The Balaban J connectivity index is 1.66. The zero-order valence-electron chi connectivity index (χ0n) is 11.9. The Morgan fingerprint density at radius 3 is 2.77 bits per heavy atom. The van der Waals surface area contributed by atoms with Crippen LogP contribution in [0.25, 0.3) is 0 Å². The van der Waals surface area contributed by atoms with Gasteiger partial charge in [0.1, 0.15) is 17.3 Å². The Morgan fingerprint density at radius 2 is 2.14 bits per heavy atom. The fourth-order valence-corrected chi connectivity index (χ4v) is 2.40. The van der Waals surface area contributed by atoms with Crippen molar-refractivity contribution < 1.29 is 9.18 Å². The summed E-state index contributed by atoms with van der Waals surface area (Å²) >= 11 is 0. The molecule has 1 fully saturated rings. The molecule has 1 aliphatic rings. The van der Waals surface area contributed by atoms with Gasteiger partial charge in [-0.15, -0.1) is 0 Å². The van der Waals surface area contributed by atoms with E-state index in [2.05, 4.69) is 25.6 Å². The van der Waals surface area contributed by atoms with Crippen LogP contribution in [0.4, 0.5) is 10.2 Å². The molecule has 0 aliphatic carbocycles. The number of anilines is 1. The van der Waals surface area contributed by atoms with Crippen molar-refractivity contribution >= 4 is 11.7 Å². The summed E-state index contributed by atoms with van der Waals surface area (Å²) in [6, 6.07) is 2.62. The molecule has 3 heterocycles. The van der Waals surface area contributed by atoms with E-state index in [0.717, 1.165) is 37.8 Å². The van der Waals surface area contributed by atoms with Crippen LogP contribution < -0.4 is 10.6 Å². The molecule has 1 atom stereocenters. The number of nitrogens with zero attached hydrogens (tertiary/aromatic N) is 3. The molecule has 114 valence electrons. The third-order valence-electron chi connectivity index (χ3n) is 3.59. The van der Waals surface area contributed by atoms with Gasteiger partial charge in [-0.2, -0.15) is 0 Å². The summed E-state index contributed by atoms with van der Waals surface area (Å²) in [7, 11) is 0. The smallest absolute Gasteiger partial charge is 0.277 e. The average molecular weight is 301 g/mol. The molecule has 0 radical (unpaired) electrons. The monoisotopic (exact) mass is 301 g/mol. The number of amides is 1. The Kier molecular flexibility index (Phi) is 4.34. The first kappa shape index (κ1) is 14.5. The van der Waals surface area contributed by atoms with Crippen LogP contribution >= 0.6 is 0 Å². The predicted molar refractivity (Wildman–Crippen MR) is 79.0 cm³/mol. The van der Waals surface area contributed by atoms with Gasteiger partial charge >= 0.3 is 0 Å². The van der Waals surface area contributed by atoms with Gasteiger partial charge in [0, 0.05) is 18.7 Å². The van der Waals surface area contributed by atoms with Crippen molar-refractivity contribution in [1.29, 1.82) is 0 Å². The summed E-state index contributed by atoms with van der Waals surface area (Å²) in [6.07, 6.45) is 6.34. The van der Waals surface area contributed by atoms with E-state index in [-0.39, 0.29) is 11.5 Å². The van der Waals surface area contributed by atoms with E-state index in [9.17, 15) is 9.18 Å². The highest BCUT2D eigenvalue weighted by Crippen LogP contribution is 2.20. The molecule has 1 aliphatic heterocycles. The molecule has 1 amide bonds. The number of halogens is 1. The zero-order valence-corrected chi connectivity index (χ0v) is 11.9. The van der Waals surface area contributed by atoms with Crippen LogP contribution in [0.5, 0.6) is 0 Å². The summed E-state index contributed by atoms with van der Waals surface area (Å²) in [4.78, 5) is 24.3. The minimum absolute atomic E-state index is 0.207. The first-order chi connectivity index (χ1) is 10.7. The highest BCUT2D eigenvalue weighted by atomic mass is 19.1. The number of piperidine rings is 1. The summed E-state index contributed by atoms with van der Waals surface area (Å²) in [5.41, 5.74) is 1.10. The van der Waals surface area contributed by atoms with Gasteiger partial charge in [-0.05, 0) is 31.5 Å². The predicted octanol–water partition coefficient (Wildman–Crippen LogP) is 1.73. The van der Waals surface area contributed by atoms with Gasteiger partial charge in [0.15, 0.2) is 0 Å². The van der Waals surface area contributed by atoms with E-state index < -0.39 is 11.7 Å². The number of rotatable bonds is 3. The van der Waals surface area contributed by atoms with E-state index in [1.807, 2.05) is 0 Å². The number of hydrogen-bond acceptors (Lipinski definition) is 5. The third-order valence-corrected chi connectivity index (χ3v) is 3.59. The van der Waals surface area contributed by atoms with E-state index in [1.54, 1.807) is 6.20 Å². The van der Waals surface area contributed by atoms with Crippen LogP contribution in [-0.4, -0.2) is 33.9 Å². The second-order valence-electron chi connectivity index (χ2n) is 5.19. The molecule has 0 spiro atoms. The van der Waals surface area contributed by atoms with Gasteiger partial charge in [0.25, 0.3) is 5.91 Å². The van der Waals surface area contributed by atoms with Crippen molar-refractivity contribution in [2.75, 3.05) is 18.4 Å². The normalized spacial score (nSPS) is 18.0. The third kappa shape index (κ3) is 3.43. The molecule has 0 bridgehead atoms. The van der Waals surface area contributed by atoms with E-state index in [0.29, 0.717) is 5.92 Å². The maximum atomic E-state index is 12.8. The molecule has 22 heavy (non-hydrogen) atoms. The molecule has 0 aromatic carbocycles. The quantitative estimate of drug-likeness (QED) is 0.902. The Labute approximate surface area is 127 Å². The van der Waals surface area contributed by atoms with Crippen LogP contribution in [0.2, 0.25) is 0 Å². The number of nitrogens with one attached hydrogen (secondary N) is 2. The summed E-state index contributed by atoms with van der Waals surface area (Å²) in [5.74, 6) is -0.256. The Bertz CT molecular complexity index is 638. The number of pyridine rings is 1. The first-order valence-electron chi connectivity index (χ1n) is 7.18. The molecule has 7 heteroatoms. The van der Waals surface area contributed by atoms with Crippen LogP contribution in [0, 0.1) is 5.82 Å². The van der Waals surface area contributed by atoms with Gasteiger partial charge in [0.2, 0.25) is 0 Å². The number of aromatic nitrogens is 3. The van der Waals surface area contributed by atoms with E-state index >= 15 is 0 Å². The van der Waals surface area contributed by atoms with Crippen molar-refractivity contribution in [3.63, 3.8) is 0 Å². The van der Waals surface area contributed by atoms with Crippen molar-refractivity contribution in [2.24, 2.45) is 0 Å². The van der Waals surface area contributed by atoms with E-state index in [4.69, 9.17) is 0 Å². The zero-order chi connectivity index (χ0) is 15.4. The maximum absolute atomic E-state index is 12.8. The number of carbonyl (C=O) groups is 1. The highest BCUT2D eigenvalue weighted by Gasteiger charge is 2.17. The SMILES string of the molecule is O=C(Nc1ccc(F)cn1)c1cnc(C2CCCNC2)cn1. The van der Waals surface area contributed by atoms with Crippen molar-refractivity contribution in [1.82, 2.24) is 20.3 Å². The molecule has 3 rings (SSSR count). The highest BCUT2D eigenvalue weighted by molar-refractivity contribution is 6.02. The van der Waals surface area contributed by atoms with Crippen molar-refractivity contribution in [2.45, 2.75) is 18.8 Å². The molecule has 6 nitrogen and oxygen atoms in total. The van der Waals surface area contributed by atoms with Gasteiger partial charge in [0.05, 0.1) is 18.1 Å². The fourth-order valence-electron chi connectivity index (χ4n) is 2.40. The molecule has 0 saturated carbocycles. The fraction of sp³-hybridized carbons (Fsp3) is 0.333. The molecule has 2 N–H and O–H groups in total. The van der Waals surface area contributed by atoms with Crippen LogP contribution in [0.3, 0.4) is 0 Å². The Morgan fingerprint density at radius 1 is 1.23 bits per heavy atom. The second-order valence-corrected chi connectivity index (χ2v) is 5.19. The van der Waals surface area contributed by atoms with E-state index in [1.165, 1.54) is 18.3 Å². The largest absolute Gasteiger partial charge is 0.316 e. The molecule has 2 aromatic heterocycles. The van der Waals surface area contributed by atoms with Gasteiger partial charge in [-0.3, -0.25) is 9.78 Å². The summed E-state index contributed by atoms with van der Waals surface area (Å²) < 4.78 is 12.8. The molecular formula is C15H16FN5O. The maximum Gasteiger partial charge on any atom is 0.277 e. The minimum Gasteiger partial charge on any atom is -0.316 e. The average Bonchev–Trinajstić information content (AvgIpc) is 2.58. The molecule has 2 aromatic rings. The van der Waals surface area contributed by atoms with Crippen molar-refractivity contribution in [3.8, 4) is 0 Å². The number of hydrogen-bond donors (Lipinski definition) is 2. The minimum atomic E-state index is -0.455. The van der Waals surface area contributed by atoms with Gasteiger partial charge in [-0.25, -0.2) is 14.4 Å². The number of carbonyl (C=O) groups excluding carboxylic acids is 1. The molecule has 1 saturated heterocycles. The first-order valence-corrected chi connectivity index (χ1v) is 7.18. The van der Waals surface area contributed by atoms with Crippen molar-refractivity contribution in [3.05, 3.63) is 47.9 Å². The van der Waals surface area contributed by atoms with Gasteiger partial charge in [-0.1, -0.05) is 0 Å². The summed E-state index contributed by atoms with van der Waals surface area (Å²) in [5, 5.41) is 5.87. The lowest BCUT2D eigenvalue weighted by molar-refractivity contribution is 0.102. The lowest BCUT2D eigenvalue weighted by atomic mass is 9.96. The lowest BCUT2D eigenvalue weighted by Gasteiger charge is -2.21. The molecule has 1 unspecified atom stereocenters. The van der Waals surface area contributed by atoms with Crippen LogP contribution in [0.1, 0.15) is 34.9 Å². The molecular weight excluding hydrogens is 285 g/mol. The Hall–Kier alpha value is -2.41. The standard InChI is InChI=1S/C15H16FN5O/c16-11-3-4-14(20-7-11)21-15(22)13-9-18-12(8-19-13)10-2-1-5-17-6-10/h3-4,7-10,17H,1-2,5-6H2,(H,20,21,22).